The Kier molecular flexibility index (Phi) is 5.52. The Morgan fingerprint density at radius 3 is 2.57 bits per heavy atom. The van der Waals surface area contributed by atoms with E-state index in [0.717, 1.165) is 5.56 Å². The number of hydrogen-bond donors (Lipinski definition) is 2. The third kappa shape index (κ3) is 3.62. The Morgan fingerprint density at radius 1 is 1.29 bits per heavy atom. The van der Waals surface area contributed by atoms with Crippen molar-refractivity contribution in [2.45, 2.75) is 13.3 Å². The van der Waals surface area contributed by atoms with Crippen LogP contribution >= 0.6 is 12.4 Å². The molecule has 0 saturated heterocycles. The monoisotopic (exact) mass is 309 g/mol. The lowest BCUT2D eigenvalue weighted by Gasteiger charge is -2.12. The van der Waals surface area contributed by atoms with E-state index in [2.05, 4.69) is 4.98 Å². The van der Waals surface area contributed by atoms with Gasteiger partial charge in [0.2, 0.25) is 0 Å². The van der Waals surface area contributed by atoms with Gasteiger partial charge in [-0.2, -0.15) is 0 Å². The number of fused-ring (bicyclic) bond motifs is 1. The normalized spacial score (nSPS) is 10.7. The lowest BCUT2D eigenvalue weighted by molar-refractivity contribution is 0.0974. The lowest BCUT2D eigenvalue weighted by atomic mass is 10.00. The second-order valence-corrected chi connectivity index (χ2v) is 5.27. The molecule has 1 aromatic heterocycles. The van der Waals surface area contributed by atoms with Gasteiger partial charge in [0, 0.05) is 23.7 Å². The number of benzene rings is 1. The number of ketones is 1. The molecule has 0 spiro atoms. The fourth-order valence-electron chi connectivity index (χ4n) is 2.21. The van der Waals surface area contributed by atoms with E-state index >= 15 is 0 Å². The van der Waals surface area contributed by atoms with Crippen molar-refractivity contribution < 1.29 is 4.79 Å². The van der Waals surface area contributed by atoms with E-state index < -0.39 is 0 Å². The van der Waals surface area contributed by atoms with E-state index in [1.54, 1.807) is 12.1 Å². The maximum absolute atomic E-state index is 12.4. The molecule has 0 radical (unpaired) electrons. The SMILES string of the molecule is Cc1ccc2c(C(=O)CCN(C)C)c(N)[nH]c(=O)c2c1.Cl. The Bertz CT molecular complexity index is 723. The summed E-state index contributed by atoms with van der Waals surface area (Å²) < 4.78 is 0. The van der Waals surface area contributed by atoms with E-state index in [-0.39, 0.29) is 29.6 Å². The van der Waals surface area contributed by atoms with E-state index in [1.165, 1.54) is 0 Å². The Balaban J connectivity index is 0.00000220. The zero-order valence-electron chi connectivity index (χ0n) is 12.4. The summed E-state index contributed by atoms with van der Waals surface area (Å²) in [6, 6.07) is 5.44. The summed E-state index contributed by atoms with van der Waals surface area (Å²) >= 11 is 0. The first-order chi connectivity index (χ1) is 9.40. The summed E-state index contributed by atoms with van der Waals surface area (Å²) in [6.07, 6.45) is 0.367. The number of carbonyl (C=O) groups excluding carboxylic acids is 1. The molecule has 0 saturated carbocycles. The standard InChI is InChI=1S/C15H19N3O2.ClH/c1-9-4-5-10-11(8-9)15(20)17-14(16)13(10)12(19)6-7-18(2)3;/h4-5,8H,6-7H2,1-3H3,(H3,16,17,20);1H. The summed E-state index contributed by atoms with van der Waals surface area (Å²) in [6.45, 7) is 2.55. The number of carbonyl (C=O) groups is 1. The molecule has 3 N–H and O–H groups in total. The van der Waals surface area contributed by atoms with Crippen LogP contribution in [0.5, 0.6) is 0 Å². The second-order valence-electron chi connectivity index (χ2n) is 5.27. The van der Waals surface area contributed by atoms with Crippen molar-refractivity contribution in [3.8, 4) is 0 Å². The van der Waals surface area contributed by atoms with Crippen LogP contribution in [0.15, 0.2) is 23.0 Å². The van der Waals surface area contributed by atoms with Crippen LogP contribution in [0, 0.1) is 6.92 Å². The molecule has 2 rings (SSSR count). The number of nitrogens with one attached hydrogen (secondary N) is 1. The zero-order chi connectivity index (χ0) is 14.9. The van der Waals surface area contributed by atoms with Crippen LogP contribution in [0.4, 0.5) is 5.82 Å². The first kappa shape index (κ1) is 17.2. The zero-order valence-corrected chi connectivity index (χ0v) is 13.2. The highest BCUT2D eigenvalue weighted by Crippen LogP contribution is 2.22. The van der Waals surface area contributed by atoms with E-state index in [0.29, 0.717) is 29.3 Å². The number of halogens is 1. The highest BCUT2D eigenvalue weighted by atomic mass is 35.5. The average molecular weight is 310 g/mol. The molecule has 1 aromatic carbocycles. The van der Waals surface area contributed by atoms with Gasteiger partial charge in [-0.3, -0.25) is 9.59 Å². The number of pyridine rings is 1. The molecule has 5 nitrogen and oxygen atoms in total. The molecule has 0 aliphatic carbocycles. The molecule has 0 atom stereocenters. The van der Waals surface area contributed by atoms with Crippen LogP contribution in [0.3, 0.4) is 0 Å². The van der Waals surface area contributed by atoms with E-state index in [4.69, 9.17) is 5.73 Å². The number of nitrogens with zero attached hydrogens (tertiary/aromatic N) is 1. The minimum absolute atomic E-state index is 0. The molecular weight excluding hydrogens is 290 g/mol. The van der Waals surface area contributed by atoms with Gasteiger partial charge in [0.25, 0.3) is 5.56 Å². The number of H-pyrrole nitrogens is 1. The third-order valence-corrected chi connectivity index (χ3v) is 3.27. The summed E-state index contributed by atoms with van der Waals surface area (Å²) in [5.41, 5.74) is 6.97. The number of aryl methyl sites for hydroxylation is 1. The van der Waals surface area contributed by atoms with Gasteiger partial charge in [-0.1, -0.05) is 17.7 Å². The van der Waals surface area contributed by atoms with Gasteiger partial charge in [-0.15, -0.1) is 12.4 Å². The molecule has 0 aliphatic rings. The summed E-state index contributed by atoms with van der Waals surface area (Å²) in [5.74, 6) is 0.0939. The predicted octanol–water partition coefficient (Wildman–Crippen LogP) is 1.97. The highest BCUT2D eigenvalue weighted by molar-refractivity contribution is 6.11. The molecule has 6 heteroatoms. The number of Topliss-reactive ketones (excluding diaryl/α,β-unsaturated/α-hetero) is 1. The molecule has 2 aromatic rings. The highest BCUT2D eigenvalue weighted by Gasteiger charge is 2.16. The van der Waals surface area contributed by atoms with Gasteiger partial charge < -0.3 is 15.6 Å². The van der Waals surface area contributed by atoms with E-state index in [9.17, 15) is 9.59 Å². The van der Waals surface area contributed by atoms with Gasteiger partial charge in [0.05, 0.1) is 5.56 Å². The van der Waals surface area contributed by atoms with Crippen molar-refractivity contribution in [1.82, 2.24) is 9.88 Å². The summed E-state index contributed by atoms with van der Waals surface area (Å²) in [5, 5.41) is 1.13. The van der Waals surface area contributed by atoms with Crippen LogP contribution in [-0.4, -0.2) is 36.3 Å². The van der Waals surface area contributed by atoms with Crippen LogP contribution in [0.25, 0.3) is 10.8 Å². The molecule has 114 valence electrons. The van der Waals surface area contributed by atoms with Gasteiger partial charge in [-0.25, -0.2) is 0 Å². The molecule has 0 bridgehead atoms. The van der Waals surface area contributed by atoms with Gasteiger partial charge >= 0.3 is 0 Å². The number of nitrogen functional groups attached to an aromatic ring is 1. The van der Waals surface area contributed by atoms with Crippen LogP contribution in [0.2, 0.25) is 0 Å². The van der Waals surface area contributed by atoms with Crippen LogP contribution in [-0.2, 0) is 0 Å². The summed E-state index contributed by atoms with van der Waals surface area (Å²) in [4.78, 5) is 28.8. The van der Waals surface area contributed by atoms with Crippen molar-refractivity contribution >= 4 is 34.8 Å². The fraction of sp³-hybridized carbons (Fsp3) is 0.333. The van der Waals surface area contributed by atoms with Crippen molar-refractivity contribution in [2.24, 2.45) is 0 Å². The first-order valence-corrected chi connectivity index (χ1v) is 6.50. The van der Waals surface area contributed by atoms with Gasteiger partial charge in [0.15, 0.2) is 5.78 Å². The molecule has 0 aliphatic heterocycles. The van der Waals surface area contributed by atoms with Gasteiger partial charge in [-0.05, 0) is 27.1 Å². The first-order valence-electron chi connectivity index (χ1n) is 6.50. The maximum Gasteiger partial charge on any atom is 0.257 e. The van der Waals surface area contributed by atoms with Crippen molar-refractivity contribution in [3.63, 3.8) is 0 Å². The Labute approximate surface area is 129 Å². The average Bonchev–Trinajstić information content (AvgIpc) is 2.37. The molecule has 0 amide bonds. The van der Waals surface area contributed by atoms with Crippen molar-refractivity contribution in [1.29, 1.82) is 0 Å². The maximum atomic E-state index is 12.4. The van der Waals surface area contributed by atoms with Crippen LogP contribution < -0.4 is 11.3 Å². The molecule has 1 heterocycles. The number of aromatic nitrogens is 1. The number of anilines is 1. The molecule has 21 heavy (non-hydrogen) atoms. The Hall–Kier alpha value is -1.85. The van der Waals surface area contributed by atoms with Crippen LogP contribution in [0.1, 0.15) is 22.3 Å². The summed E-state index contributed by atoms with van der Waals surface area (Å²) in [7, 11) is 3.82. The fourth-order valence-corrected chi connectivity index (χ4v) is 2.21. The number of hydrogen-bond acceptors (Lipinski definition) is 4. The van der Waals surface area contributed by atoms with E-state index in [1.807, 2.05) is 32.0 Å². The number of aromatic amines is 1. The van der Waals surface area contributed by atoms with Crippen molar-refractivity contribution in [3.05, 3.63) is 39.7 Å². The van der Waals surface area contributed by atoms with Crippen molar-refractivity contribution in [2.75, 3.05) is 26.4 Å². The predicted molar refractivity (Wildman–Crippen MR) is 88.5 cm³/mol. The minimum Gasteiger partial charge on any atom is -0.385 e. The quantitative estimate of drug-likeness (QED) is 0.846. The molecule has 0 fully saturated rings. The second kappa shape index (κ2) is 6.74. The van der Waals surface area contributed by atoms with Gasteiger partial charge in [0.1, 0.15) is 5.82 Å². The number of rotatable bonds is 4. The third-order valence-electron chi connectivity index (χ3n) is 3.27. The smallest absolute Gasteiger partial charge is 0.257 e. The lowest BCUT2D eigenvalue weighted by Crippen LogP contribution is -2.20. The minimum atomic E-state index is -0.259. The molecular formula is C15H20ClN3O2. The molecule has 0 unspecified atom stereocenters. The Morgan fingerprint density at radius 2 is 1.95 bits per heavy atom. The number of nitrogens with two attached hydrogens (primary N) is 1. The largest absolute Gasteiger partial charge is 0.385 e. The topological polar surface area (TPSA) is 79.2 Å².